The van der Waals surface area contributed by atoms with Gasteiger partial charge in [0, 0.05) is 17.9 Å². The number of carbonyl (C=O) groups is 2. The Morgan fingerprint density at radius 3 is 2.72 bits per heavy atom. The van der Waals surface area contributed by atoms with Gasteiger partial charge in [-0.25, -0.2) is 4.39 Å². The van der Waals surface area contributed by atoms with Crippen LogP contribution in [0.3, 0.4) is 0 Å². The van der Waals surface area contributed by atoms with E-state index in [1.807, 2.05) is 31.2 Å². The Balaban J connectivity index is 1.59. The van der Waals surface area contributed by atoms with Crippen LogP contribution >= 0.6 is 11.8 Å². The predicted molar refractivity (Wildman–Crippen MR) is 97.1 cm³/mol. The fraction of sp³-hybridized carbons (Fsp3) is 0.263. The summed E-state index contributed by atoms with van der Waals surface area (Å²) in [7, 11) is 0. The highest BCUT2D eigenvalue weighted by atomic mass is 32.2. The number of rotatable bonds is 5. The fourth-order valence-electron chi connectivity index (χ4n) is 2.76. The third kappa shape index (κ3) is 4.20. The number of anilines is 1. The van der Waals surface area contributed by atoms with Gasteiger partial charge in [0.1, 0.15) is 5.82 Å². The number of halogens is 1. The zero-order valence-corrected chi connectivity index (χ0v) is 14.7. The second-order valence-electron chi connectivity index (χ2n) is 5.89. The summed E-state index contributed by atoms with van der Waals surface area (Å²) >= 11 is 1.52. The van der Waals surface area contributed by atoms with E-state index in [1.165, 1.54) is 23.9 Å². The van der Waals surface area contributed by atoms with Gasteiger partial charge in [-0.15, -0.1) is 11.8 Å². The van der Waals surface area contributed by atoms with Crippen LogP contribution in [-0.2, 0) is 9.59 Å². The van der Waals surface area contributed by atoms with E-state index >= 15 is 0 Å². The van der Waals surface area contributed by atoms with Gasteiger partial charge in [0.2, 0.25) is 11.8 Å². The van der Waals surface area contributed by atoms with Crippen LogP contribution in [0.5, 0.6) is 0 Å². The number of hydrogen-bond donors (Lipinski definition) is 1. The van der Waals surface area contributed by atoms with Crippen LogP contribution in [0.4, 0.5) is 10.1 Å². The maximum Gasteiger partial charge on any atom is 0.237 e. The Hall–Kier alpha value is -2.34. The summed E-state index contributed by atoms with van der Waals surface area (Å²) in [5, 5.41) is 2.89. The second-order valence-corrected chi connectivity index (χ2v) is 6.91. The lowest BCUT2D eigenvalue weighted by Crippen LogP contribution is -2.38. The Bertz CT molecular complexity index is 779. The van der Waals surface area contributed by atoms with Crippen LogP contribution in [0.25, 0.3) is 0 Å². The molecule has 3 rings (SSSR count). The van der Waals surface area contributed by atoms with Gasteiger partial charge in [-0.3, -0.25) is 9.59 Å². The molecule has 0 radical (unpaired) electrons. The van der Waals surface area contributed by atoms with Gasteiger partial charge in [-0.1, -0.05) is 24.3 Å². The van der Waals surface area contributed by atoms with Crippen molar-refractivity contribution in [1.29, 1.82) is 0 Å². The van der Waals surface area contributed by atoms with E-state index in [4.69, 9.17) is 0 Å². The number of fused-ring (bicyclic) bond motifs is 1. The lowest BCUT2D eigenvalue weighted by molar-refractivity contribution is -0.121. The smallest absolute Gasteiger partial charge is 0.237 e. The van der Waals surface area contributed by atoms with Crippen LogP contribution in [0, 0.1) is 5.82 Å². The number of nitrogens with one attached hydrogen (secondary N) is 1. The van der Waals surface area contributed by atoms with E-state index in [2.05, 4.69) is 5.32 Å². The largest absolute Gasteiger partial charge is 0.350 e. The Labute approximate surface area is 150 Å². The molecular weight excluding hydrogens is 339 g/mol. The third-order valence-electron chi connectivity index (χ3n) is 4.12. The van der Waals surface area contributed by atoms with Crippen molar-refractivity contribution in [2.75, 3.05) is 17.2 Å². The van der Waals surface area contributed by atoms with Gasteiger partial charge in [0.05, 0.1) is 17.5 Å². The molecule has 0 saturated heterocycles. The molecule has 2 amide bonds. The molecule has 1 aliphatic rings. The van der Waals surface area contributed by atoms with Crippen molar-refractivity contribution in [3.63, 3.8) is 0 Å². The minimum atomic E-state index is -0.303. The topological polar surface area (TPSA) is 49.4 Å². The molecule has 0 saturated carbocycles. The van der Waals surface area contributed by atoms with Gasteiger partial charge in [0.25, 0.3) is 0 Å². The first kappa shape index (κ1) is 17.5. The van der Waals surface area contributed by atoms with Gasteiger partial charge in [0.15, 0.2) is 0 Å². The second kappa shape index (κ2) is 7.70. The number of amides is 2. The highest BCUT2D eigenvalue weighted by Gasteiger charge is 2.24. The third-order valence-corrected chi connectivity index (χ3v) is 5.17. The van der Waals surface area contributed by atoms with Crippen LogP contribution < -0.4 is 10.2 Å². The van der Waals surface area contributed by atoms with Crippen molar-refractivity contribution in [3.8, 4) is 0 Å². The number of nitrogens with zero attached hydrogens (tertiary/aromatic N) is 1. The van der Waals surface area contributed by atoms with Crippen molar-refractivity contribution in [1.82, 2.24) is 5.32 Å². The highest BCUT2D eigenvalue weighted by Crippen LogP contribution is 2.34. The predicted octanol–water partition coefficient (Wildman–Crippen LogP) is 3.53. The summed E-state index contributed by atoms with van der Waals surface area (Å²) in [6.45, 7) is 2.20. The SMILES string of the molecule is C[C@@H](NC(=O)CCN1C(=O)CSc2ccccc21)c1ccc(F)cc1. The van der Waals surface area contributed by atoms with E-state index in [-0.39, 0.29) is 30.1 Å². The van der Waals surface area contributed by atoms with Gasteiger partial charge < -0.3 is 10.2 Å². The lowest BCUT2D eigenvalue weighted by Gasteiger charge is -2.28. The van der Waals surface area contributed by atoms with E-state index in [9.17, 15) is 14.0 Å². The van der Waals surface area contributed by atoms with Gasteiger partial charge in [-0.2, -0.15) is 0 Å². The number of benzene rings is 2. The molecule has 0 fully saturated rings. The van der Waals surface area contributed by atoms with Crippen LogP contribution in [0.1, 0.15) is 24.9 Å². The summed E-state index contributed by atoms with van der Waals surface area (Å²) in [5.74, 6) is -0.0317. The van der Waals surface area contributed by atoms with Gasteiger partial charge >= 0.3 is 0 Å². The quantitative estimate of drug-likeness (QED) is 0.889. The van der Waals surface area contributed by atoms with Crippen molar-refractivity contribution in [2.45, 2.75) is 24.3 Å². The Morgan fingerprint density at radius 1 is 1.24 bits per heavy atom. The standard InChI is InChI=1S/C19H19FN2O2S/c1-13(14-6-8-15(20)9-7-14)21-18(23)10-11-22-16-4-2-3-5-17(16)25-12-19(22)24/h2-9,13H,10-12H2,1H3,(H,21,23)/t13-/m1/s1. The molecule has 0 unspecified atom stereocenters. The zero-order valence-electron chi connectivity index (χ0n) is 13.9. The Morgan fingerprint density at radius 2 is 1.96 bits per heavy atom. The maximum absolute atomic E-state index is 13.0. The summed E-state index contributed by atoms with van der Waals surface area (Å²) in [4.78, 5) is 27.1. The van der Waals surface area contributed by atoms with Crippen LogP contribution in [0.15, 0.2) is 53.4 Å². The molecule has 0 aromatic heterocycles. The molecular formula is C19H19FN2O2S. The monoisotopic (exact) mass is 358 g/mol. The average molecular weight is 358 g/mol. The number of carbonyl (C=O) groups excluding carboxylic acids is 2. The molecule has 2 aromatic carbocycles. The number of thioether (sulfide) groups is 1. The summed E-state index contributed by atoms with van der Waals surface area (Å²) in [6.07, 6.45) is 0.219. The minimum Gasteiger partial charge on any atom is -0.350 e. The first-order valence-corrected chi connectivity index (χ1v) is 9.10. The van der Waals surface area contributed by atoms with E-state index < -0.39 is 0 Å². The van der Waals surface area contributed by atoms with Gasteiger partial charge in [-0.05, 0) is 36.8 Å². The van der Waals surface area contributed by atoms with Crippen LogP contribution in [0.2, 0.25) is 0 Å². The number of para-hydroxylation sites is 1. The fourth-order valence-corrected chi connectivity index (χ4v) is 3.70. The first-order valence-electron chi connectivity index (χ1n) is 8.11. The average Bonchev–Trinajstić information content (AvgIpc) is 2.61. The van der Waals surface area contributed by atoms with E-state index in [1.54, 1.807) is 17.0 Å². The molecule has 4 nitrogen and oxygen atoms in total. The molecule has 1 heterocycles. The Kier molecular flexibility index (Phi) is 5.38. The molecule has 0 bridgehead atoms. The maximum atomic E-state index is 13.0. The van der Waals surface area contributed by atoms with Crippen molar-refractivity contribution >= 4 is 29.3 Å². The minimum absolute atomic E-state index is 0.0167. The normalized spacial score (nSPS) is 14.8. The summed E-state index contributed by atoms with van der Waals surface area (Å²) in [6, 6.07) is 13.6. The molecule has 1 aliphatic heterocycles. The lowest BCUT2D eigenvalue weighted by atomic mass is 10.1. The zero-order chi connectivity index (χ0) is 17.8. The van der Waals surface area contributed by atoms with Crippen molar-refractivity contribution < 1.29 is 14.0 Å². The molecule has 2 aromatic rings. The number of hydrogen-bond acceptors (Lipinski definition) is 3. The molecule has 130 valence electrons. The molecule has 6 heteroatoms. The van der Waals surface area contributed by atoms with Crippen molar-refractivity contribution in [2.24, 2.45) is 0 Å². The first-order chi connectivity index (χ1) is 12.0. The summed E-state index contributed by atoms with van der Waals surface area (Å²) in [5.41, 5.74) is 1.70. The highest BCUT2D eigenvalue weighted by molar-refractivity contribution is 8.00. The molecule has 0 aliphatic carbocycles. The molecule has 1 atom stereocenters. The molecule has 25 heavy (non-hydrogen) atoms. The van der Waals surface area contributed by atoms with E-state index in [0.29, 0.717) is 12.3 Å². The van der Waals surface area contributed by atoms with Crippen molar-refractivity contribution in [3.05, 3.63) is 59.9 Å². The summed E-state index contributed by atoms with van der Waals surface area (Å²) < 4.78 is 13.0. The van der Waals surface area contributed by atoms with E-state index in [0.717, 1.165) is 16.1 Å². The molecule has 1 N–H and O–H groups in total. The molecule has 0 spiro atoms. The van der Waals surface area contributed by atoms with Crippen LogP contribution in [-0.4, -0.2) is 24.1 Å².